The standard InChI is InChI=1S/C11H13ClN2O/c1-6-2-3-10(8(12)4-6)14-11(15)7-5-9(7)13/h2-4,7,9H,5,13H2,1H3,(H,14,15). The highest BCUT2D eigenvalue weighted by Crippen LogP contribution is 2.30. The zero-order valence-electron chi connectivity index (χ0n) is 8.46. The summed E-state index contributed by atoms with van der Waals surface area (Å²) in [6.07, 6.45) is 0.773. The molecule has 2 atom stereocenters. The Bertz CT molecular complexity index is 406. The maximum Gasteiger partial charge on any atom is 0.229 e. The van der Waals surface area contributed by atoms with E-state index in [4.69, 9.17) is 17.3 Å². The predicted molar refractivity (Wildman–Crippen MR) is 60.9 cm³/mol. The smallest absolute Gasteiger partial charge is 0.229 e. The van der Waals surface area contributed by atoms with Crippen LogP contribution in [-0.4, -0.2) is 11.9 Å². The SMILES string of the molecule is Cc1ccc(NC(=O)C2CC2N)c(Cl)c1. The van der Waals surface area contributed by atoms with Crippen LogP contribution in [0.3, 0.4) is 0 Å². The van der Waals surface area contributed by atoms with E-state index in [0.29, 0.717) is 10.7 Å². The average Bonchev–Trinajstić information content (AvgIpc) is 2.88. The molecule has 3 N–H and O–H groups in total. The molecule has 1 aromatic rings. The third-order valence-electron chi connectivity index (χ3n) is 2.56. The molecule has 2 unspecified atom stereocenters. The topological polar surface area (TPSA) is 55.1 Å². The van der Waals surface area contributed by atoms with Gasteiger partial charge in [-0.2, -0.15) is 0 Å². The zero-order valence-corrected chi connectivity index (χ0v) is 9.21. The first kappa shape index (κ1) is 10.5. The molecular weight excluding hydrogens is 212 g/mol. The quantitative estimate of drug-likeness (QED) is 0.807. The summed E-state index contributed by atoms with van der Waals surface area (Å²) in [6, 6.07) is 5.57. The van der Waals surface area contributed by atoms with Crippen molar-refractivity contribution >= 4 is 23.2 Å². The molecule has 0 aliphatic heterocycles. The largest absolute Gasteiger partial charge is 0.327 e. The molecule has 1 aliphatic rings. The molecule has 2 rings (SSSR count). The number of nitrogens with two attached hydrogens (primary N) is 1. The molecular formula is C11H13ClN2O. The summed E-state index contributed by atoms with van der Waals surface area (Å²) in [5.74, 6) is -0.0735. The van der Waals surface area contributed by atoms with Crippen molar-refractivity contribution in [2.45, 2.75) is 19.4 Å². The van der Waals surface area contributed by atoms with Crippen LogP contribution in [0.5, 0.6) is 0 Å². The van der Waals surface area contributed by atoms with Gasteiger partial charge in [0.05, 0.1) is 16.6 Å². The summed E-state index contributed by atoms with van der Waals surface area (Å²) >= 11 is 5.99. The Labute approximate surface area is 93.6 Å². The van der Waals surface area contributed by atoms with Crippen molar-refractivity contribution in [2.24, 2.45) is 11.7 Å². The highest BCUT2D eigenvalue weighted by molar-refractivity contribution is 6.33. The molecule has 0 aromatic heterocycles. The Morgan fingerprint density at radius 2 is 2.27 bits per heavy atom. The number of rotatable bonds is 2. The number of carbonyl (C=O) groups is 1. The Morgan fingerprint density at radius 1 is 1.60 bits per heavy atom. The lowest BCUT2D eigenvalue weighted by Crippen LogP contribution is -2.18. The third kappa shape index (κ3) is 2.30. The minimum atomic E-state index is -0.0395. The Kier molecular flexibility index (Phi) is 2.67. The van der Waals surface area contributed by atoms with Gasteiger partial charge in [-0.15, -0.1) is 0 Å². The highest BCUT2D eigenvalue weighted by atomic mass is 35.5. The van der Waals surface area contributed by atoms with Gasteiger partial charge in [0.2, 0.25) is 5.91 Å². The first-order valence-electron chi connectivity index (χ1n) is 4.90. The second-order valence-corrected chi connectivity index (χ2v) is 4.39. The van der Waals surface area contributed by atoms with Gasteiger partial charge < -0.3 is 11.1 Å². The van der Waals surface area contributed by atoms with Crippen LogP contribution in [0, 0.1) is 12.8 Å². The number of hydrogen-bond acceptors (Lipinski definition) is 2. The Morgan fingerprint density at radius 3 is 2.80 bits per heavy atom. The molecule has 80 valence electrons. The van der Waals surface area contributed by atoms with Crippen LogP contribution in [0.2, 0.25) is 5.02 Å². The highest BCUT2D eigenvalue weighted by Gasteiger charge is 2.40. The number of benzene rings is 1. The van der Waals surface area contributed by atoms with Gasteiger partial charge in [0, 0.05) is 6.04 Å². The number of nitrogens with one attached hydrogen (secondary N) is 1. The summed E-state index contributed by atoms with van der Waals surface area (Å²) in [5.41, 5.74) is 7.32. The third-order valence-corrected chi connectivity index (χ3v) is 2.87. The Balaban J connectivity index is 2.07. The van der Waals surface area contributed by atoms with Gasteiger partial charge in [0.25, 0.3) is 0 Å². The van der Waals surface area contributed by atoms with Gasteiger partial charge in [-0.25, -0.2) is 0 Å². The second-order valence-electron chi connectivity index (χ2n) is 3.98. The van der Waals surface area contributed by atoms with E-state index in [1.54, 1.807) is 0 Å². The summed E-state index contributed by atoms with van der Waals surface area (Å²) < 4.78 is 0. The van der Waals surface area contributed by atoms with E-state index >= 15 is 0 Å². The molecule has 1 fully saturated rings. The van der Waals surface area contributed by atoms with Crippen LogP contribution in [0.15, 0.2) is 18.2 Å². The van der Waals surface area contributed by atoms with E-state index in [-0.39, 0.29) is 17.9 Å². The lowest BCUT2D eigenvalue weighted by molar-refractivity contribution is -0.117. The van der Waals surface area contributed by atoms with Gasteiger partial charge >= 0.3 is 0 Å². The number of hydrogen-bond donors (Lipinski definition) is 2. The maximum atomic E-state index is 11.6. The fraction of sp³-hybridized carbons (Fsp3) is 0.364. The summed E-state index contributed by atoms with van der Waals surface area (Å²) in [5, 5.41) is 3.35. The predicted octanol–water partition coefficient (Wildman–Crippen LogP) is 1.93. The van der Waals surface area contributed by atoms with Crippen molar-refractivity contribution in [3.63, 3.8) is 0 Å². The molecule has 0 radical (unpaired) electrons. The van der Waals surface area contributed by atoms with Crippen molar-refractivity contribution < 1.29 is 4.79 Å². The molecule has 0 heterocycles. The summed E-state index contributed by atoms with van der Waals surface area (Å²) in [4.78, 5) is 11.6. The number of aryl methyl sites for hydroxylation is 1. The maximum absolute atomic E-state index is 11.6. The van der Waals surface area contributed by atoms with E-state index in [2.05, 4.69) is 5.32 Å². The molecule has 0 spiro atoms. The molecule has 3 nitrogen and oxygen atoms in total. The first-order valence-corrected chi connectivity index (χ1v) is 5.28. The van der Waals surface area contributed by atoms with Gasteiger partial charge in [-0.3, -0.25) is 4.79 Å². The number of anilines is 1. The molecule has 1 saturated carbocycles. The van der Waals surface area contributed by atoms with Gasteiger partial charge in [-0.1, -0.05) is 17.7 Å². The minimum absolute atomic E-state index is 0.0224. The van der Waals surface area contributed by atoms with Crippen LogP contribution in [0.1, 0.15) is 12.0 Å². The molecule has 1 aromatic carbocycles. The van der Waals surface area contributed by atoms with E-state index in [9.17, 15) is 4.79 Å². The molecule has 1 amide bonds. The minimum Gasteiger partial charge on any atom is -0.327 e. The number of halogens is 1. The average molecular weight is 225 g/mol. The lowest BCUT2D eigenvalue weighted by atomic mass is 10.2. The molecule has 1 aliphatic carbocycles. The fourth-order valence-corrected chi connectivity index (χ4v) is 1.75. The molecule has 15 heavy (non-hydrogen) atoms. The normalized spacial score (nSPS) is 23.7. The molecule has 4 heteroatoms. The van der Waals surface area contributed by atoms with E-state index in [1.165, 1.54) is 0 Å². The van der Waals surface area contributed by atoms with Crippen LogP contribution in [0.4, 0.5) is 5.69 Å². The van der Waals surface area contributed by atoms with Crippen molar-refractivity contribution in [2.75, 3.05) is 5.32 Å². The number of carbonyl (C=O) groups excluding carboxylic acids is 1. The van der Waals surface area contributed by atoms with E-state index in [0.717, 1.165) is 12.0 Å². The van der Waals surface area contributed by atoms with Crippen molar-refractivity contribution in [1.29, 1.82) is 0 Å². The monoisotopic (exact) mass is 224 g/mol. The molecule has 0 bridgehead atoms. The Hall–Kier alpha value is -1.06. The first-order chi connectivity index (χ1) is 7.08. The second kappa shape index (κ2) is 3.83. The fourth-order valence-electron chi connectivity index (χ4n) is 1.46. The zero-order chi connectivity index (χ0) is 11.0. The summed E-state index contributed by atoms with van der Waals surface area (Å²) in [7, 11) is 0. The molecule has 0 saturated heterocycles. The van der Waals surface area contributed by atoms with E-state index < -0.39 is 0 Å². The summed E-state index contributed by atoms with van der Waals surface area (Å²) in [6.45, 7) is 1.95. The number of amides is 1. The van der Waals surface area contributed by atoms with Crippen molar-refractivity contribution in [3.8, 4) is 0 Å². The van der Waals surface area contributed by atoms with Crippen LogP contribution in [0.25, 0.3) is 0 Å². The van der Waals surface area contributed by atoms with Gasteiger partial charge in [0.1, 0.15) is 0 Å². The van der Waals surface area contributed by atoms with Crippen LogP contribution < -0.4 is 11.1 Å². The van der Waals surface area contributed by atoms with Crippen molar-refractivity contribution in [3.05, 3.63) is 28.8 Å². The van der Waals surface area contributed by atoms with Crippen LogP contribution in [-0.2, 0) is 4.79 Å². The van der Waals surface area contributed by atoms with Crippen LogP contribution >= 0.6 is 11.6 Å². The van der Waals surface area contributed by atoms with Gasteiger partial charge in [-0.05, 0) is 31.0 Å². The van der Waals surface area contributed by atoms with Gasteiger partial charge in [0.15, 0.2) is 0 Å². The lowest BCUT2D eigenvalue weighted by Gasteiger charge is -2.07. The van der Waals surface area contributed by atoms with E-state index in [1.807, 2.05) is 25.1 Å². The van der Waals surface area contributed by atoms with Crippen molar-refractivity contribution in [1.82, 2.24) is 0 Å².